The number of nitriles is 1. The number of carbonyl (C=O) groups is 1. The minimum absolute atomic E-state index is 0.0136. The Morgan fingerprint density at radius 3 is 2.50 bits per heavy atom. The Morgan fingerprint density at radius 1 is 1.50 bits per heavy atom. The van der Waals surface area contributed by atoms with Crippen molar-refractivity contribution in [3.63, 3.8) is 0 Å². The second-order valence-electron chi connectivity index (χ2n) is 3.05. The van der Waals surface area contributed by atoms with E-state index in [1.807, 2.05) is 6.07 Å². The van der Waals surface area contributed by atoms with Crippen molar-refractivity contribution in [2.24, 2.45) is 5.73 Å². The van der Waals surface area contributed by atoms with E-state index in [0.717, 1.165) is 5.56 Å². The van der Waals surface area contributed by atoms with Crippen molar-refractivity contribution in [1.29, 1.82) is 5.26 Å². The van der Waals surface area contributed by atoms with Crippen molar-refractivity contribution < 1.29 is 9.90 Å². The maximum atomic E-state index is 10.7. The summed E-state index contributed by atoms with van der Waals surface area (Å²) in [4.78, 5) is 10.7. The largest absolute Gasteiger partial charge is 0.479 e. The third-order valence-electron chi connectivity index (χ3n) is 1.91. The van der Waals surface area contributed by atoms with E-state index in [1.54, 1.807) is 30.3 Å². The van der Waals surface area contributed by atoms with Crippen LogP contribution in [0.1, 0.15) is 5.56 Å². The van der Waals surface area contributed by atoms with Crippen molar-refractivity contribution in [2.45, 2.75) is 12.0 Å². The first-order valence-corrected chi connectivity index (χ1v) is 4.06. The second kappa shape index (κ2) is 3.90. The van der Waals surface area contributed by atoms with Gasteiger partial charge in [0.05, 0.1) is 6.07 Å². The van der Waals surface area contributed by atoms with Gasteiger partial charge < -0.3 is 10.8 Å². The molecule has 14 heavy (non-hydrogen) atoms. The highest BCUT2D eigenvalue weighted by Gasteiger charge is 2.34. The SMILES string of the molecule is N#C[C@@](N)(Cc1ccccc1)C(=O)O. The Morgan fingerprint density at radius 2 is 2.07 bits per heavy atom. The number of nitrogens with zero attached hydrogens (tertiary/aromatic N) is 1. The fourth-order valence-corrected chi connectivity index (χ4v) is 1.08. The van der Waals surface area contributed by atoms with Gasteiger partial charge in [0.2, 0.25) is 5.54 Å². The minimum Gasteiger partial charge on any atom is -0.479 e. The maximum Gasteiger partial charge on any atom is 0.338 e. The number of hydrogen-bond acceptors (Lipinski definition) is 3. The molecule has 0 aliphatic carbocycles. The summed E-state index contributed by atoms with van der Waals surface area (Å²) in [5.41, 5.74) is 4.31. The molecular formula is C10H10N2O2. The fourth-order valence-electron chi connectivity index (χ4n) is 1.08. The van der Waals surface area contributed by atoms with Gasteiger partial charge in [-0.2, -0.15) is 5.26 Å². The molecule has 72 valence electrons. The molecular weight excluding hydrogens is 180 g/mol. The van der Waals surface area contributed by atoms with Gasteiger partial charge in [0, 0.05) is 6.42 Å². The molecule has 0 heterocycles. The Labute approximate surface area is 81.6 Å². The fraction of sp³-hybridized carbons (Fsp3) is 0.200. The normalized spacial score (nSPS) is 14.0. The van der Waals surface area contributed by atoms with E-state index in [1.165, 1.54) is 0 Å². The molecule has 1 atom stereocenters. The van der Waals surface area contributed by atoms with Gasteiger partial charge in [-0.25, -0.2) is 4.79 Å². The molecule has 0 unspecified atom stereocenters. The van der Waals surface area contributed by atoms with Crippen LogP contribution in [0, 0.1) is 11.3 Å². The summed E-state index contributed by atoms with van der Waals surface area (Å²) in [6, 6.07) is 10.4. The molecule has 0 fully saturated rings. The van der Waals surface area contributed by atoms with Crippen LogP contribution in [0.3, 0.4) is 0 Å². The minimum atomic E-state index is -1.83. The molecule has 0 spiro atoms. The molecule has 4 heteroatoms. The predicted octanol–water partition coefficient (Wildman–Crippen LogP) is 0.535. The molecule has 1 aromatic rings. The summed E-state index contributed by atoms with van der Waals surface area (Å²) in [7, 11) is 0. The number of carboxylic acids is 1. The molecule has 0 saturated heterocycles. The maximum absolute atomic E-state index is 10.7. The Balaban J connectivity index is 2.88. The number of benzene rings is 1. The lowest BCUT2D eigenvalue weighted by atomic mass is 9.94. The third-order valence-corrected chi connectivity index (χ3v) is 1.91. The summed E-state index contributed by atoms with van der Waals surface area (Å²) in [5, 5.41) is 17.4. The monoisotopic (exact) mass is 190 g/mol. The quantitative estimate of drug-likeness (QED) is 0.728. The zero-order valence-corrected chi connectivity index (χ0v) is 7.47. The van der Waals surface area contributed by atoms with Crippen LogP contribution in [0.5, 0.6) is 0 Å². The summed E-state index contributed by atoms with van der Waals surface area (Å²) in [6.07, 6.45) is 0.0136. The van der Waals surface area contributed by atoms with Gasteiger partial charge in [0.15, 0.2) is 0 Å². The molecule has 0 aliphatic rings. The standard InChI is InChI=1S/C10H10N2O2/c11-7-10(12,9(13)14)6-8-4-2-1-3-5-8/h1-5H,6,12H2,(H,13,14)/t10-/m0/s1. The molecule has 0 radical (unpaired) electrons. The van der Waals surface area contributed by atoms with Crippen molar-refractivity contribution in [2.75, 3.05) is 0 Å². The Kier molecular flexibility index (Phi) is 2.85. The summed E-state index contributed by atoms with van der Waals surface area (Å²) in [5.74, 6) is -1.30. The lowest BCUT2D eigenvalue weighted by Gasteiger charge is -2.15. The zero-order chi connectivity index (χ0) is 10.6. The van der Waals surface area contributed by atoms with Crippen LogP contribution in [-0.2, 0) is 11.2 Å². The van der Waals surface area contributed by atoms with Crippen molar-refractivity contribution >= 4 is 5.97 Å². The highest BCUT2D eigenvalue weighted by Crippen LogP contribution is 2.10. The third kappa shape index (κ3) is 2.09. The van der Waals surface area contributed by atoms with Gasteiger partial charge in [-0.05, 0) is 5.56 Å². The van der Waals surface area contributed by atoms with Crippen LogP contribution in [0.2, 0.25) is 0 Å². The molecule has 1 aromatic carbocycles. The molecule has 0 amide bonds. The van der Waals surface area contributed by atoms with Gasteiger partial charge in [-0.1, -0.05) is 30.3 Å². The highest BCUT2D eigenvalue weighted by atomic mass is 16.4. The molecule has 0 saturated carbocycles. The summed E-state index contributed by atoms with van der Waals surface area (Å²) in [6.45, 7) is 0. The van der Waals surface area contributed by atoms with Crippen LogP contribution in [0.15, 0.2) is 30.3 Å². The van der Waals surface area contributed by atoms with Gasteiger partial charge in [-0.15, -0.1) is 0 Å². The average Bonchev–Trinajstić information content (AvgIpc) is 2.19. The first-order chi connectivity index (χ1) is 6.58. The molecule has 3 N–H and O–H groups in total. The van der Waals surface area contributed by atoms with Crippen LogP contribution in [0.4, 0.5) is 0 Å². The van der Waals surface area contributed by atoms with Crippen LogP contribution in [-0.4, -0.2) is 16.6 Å². The number of carboxylic acid groups (broad SMARTS) is 1. The van der Waals surface area contributed by atoms with E-state index in [0.29, 0.717) is 0 Å². The molecule has 0 aromatic heterocycles. The number of rotatable bonds is 3. The summed E-state index contributed by atoms with van der Waals surface area (Å²) < 4.78 is 0. The number of aliphatic carboxylic acids is 1. The number of nitrogens with two attached hydrogens (primary N) is 1. The first kappa shape index (κ1) is 10.2. The molecule has 0 bridgehead atoms. The van der Waals surface area contributed by atoms with E-state index in [2.05, 4.69) is 0 Å². The van der Waals surface area contributed by atoms with Crippen molar-refractivity contribution in [3.05, 3.63) is 35.9 Å². The highest BCUT2D eigenvalue weighted by molar-refractivity contribution is 5.82. The van der Waals surface area contributed by atoms with Gasteiger partial charge in [0.25, 0.3) is 0 Å². The molecule has 0 aliphatic heterocycles. The summed E-state index contributed by atoms with van der Waals surface area (Å²) >= 11 is 0. The zero-order valence-electron chi connectivity index (χ0n) is 7.47. The van der Waals surface area contributed by atoms with Crippen molar-refractivity contribution in [3.8, 4) is 6.07 Å². The van der Waals surface area contributed by atoms with Gasteiger partial charge >= 0.3 is 5.97 Å². The van der Waals surface area contributed by atoms with Gasteiger partial charge in [0.1, 0.15) is 0 Å². The van der Waals surface area contributed by atoms with Crippen LogP contribution in [0.25, 0.3) is 0 Å². The van der Waals surface area contributed by atoms with E-state index in [9.17, 15) is 4.79 Å². The van der Waals surface area contributed by atoms with E-state index < -0.39 is 11.5 Å². The van der Waals surface area contributed by atoms with E-state index in [4.69, 9.17) is 16.1 Å². The lowest BCUT2D eigenvalue weighted by molar-refractivity contribution is -0.141. The van der Waals surface area contributed by atoms with E-state index >= 15 is 0 Å². The first-order valence-electron chi connectivity index (χ1n) is 4.06. The number of hydrogen-bond donors (Lipinski definition) is 2. The van der Waals surface area contributed by atoms with Crippen molar-refractivity contribution in [1.82, 2.24) is 0 Å². The van der Waals surface area contributed by atoms with E-state index in [-0.39, 0.29) is 6.42 Å². The predicted molar refractivity (Wildman–Crippen MR) is 50.3 cm³/mol. The smallest absolute Gasteiger partial charge is 0.338 e. The Hall–Kier alpha value is -1.86. The van der Waals surface area contributed by atoms with Crippen LogP contribution >= 0.6 is 0 Å². The molecule has 4 nitrogen and oxygen atoms in total. The molecule has 1 rings (SSSR count). The average molecular weight is 190 g/mol. The van der Waals surface area contributed by atoms with Crippen LogP contribution < -0.4 is 5.73 Å². The van der Waals surface area contributed by atoms with Gasteiger partial charge in [-0.3, -0.25) is 0 Å². The lowest BCUT2D eigenvalue weighted by Crippen LogP contribution is -2.48. The topological polar surface area (TPSA) is 87.1 Å². The second-order valence-corrected chi connectivity index (χ2v) is 3.05. The Bertz CT molecular complexity index is 369.